The third-order valence-corrected chi connectivity index (χ3v) is 5.34. The average molecular weight is 454 g/mol. The quantitative estimate of drug-likeness (QED) is 0.365. The molecule has 7 heteroatoms. The van der Waals surface area contributed by atoms with Crippen LogP contribution in [0.2, 0.25) is 0 Å². The van der Waals surface area contributed by atoms with E-state index in [0.29, 0.717) is 37.7 Å². The first-order valence-electron chi connectivity index (χ1n) is 11.4. The Kier molecular flexibility index (Phi) is 9.44. The van der Waals surface area contributed by atoms with Crippen molar-refractivity contribution in [2.45, 2.75) is 32.6 Å². The van der Waals surface area contributed by atoms with Crippen LogP contribution in [-0.2, 0) is 11.2 Å². The third-order valence-electron chi connectivity index (χ3n) is 5.34. The number of para-hydroxylation sites is 1. The van der Waals surface area contributed by atoms with Crippen LogP contribution in [0.3, 0.4) is 0 Å². The molecule has 0 aliphatic carbocycles. The van der Waals surface area contributed by atoms with E-state index in [4.69, 9.17) is 9.47 Å². The second-order valence-electron chi connectivity index (χ2n) is 7.87. The van der Waals surface area contributed by atoms with Crippen molar-refractivity contribution < 1.29 is 18.7 Å². The van der Waals surface area contributed by atoms with Gasteiger partial charge in [-0.3, -0.25) is 9.89 Å². The molecule has 1 heterocycles. The van der Waals surface area contributed by atoms with Crippen LogP contribution in [0.1, 0.15) is 42.2 Å². The van der Waals surface area contributed by atoms with E-state index in [1.807, 2.05) is 44.3 Å². The minimum absolute atomic E-state index is 0.0460. The fraction of sp³-hybridized carbons (Fsp3) is 0.385. The molecule has 176 valence electrons. The number of carbonyl (C=O) groups excluding carboxylic acids is 1. The number of halogens is 1. The maximum atomic E-state index is 13.4. The van der Waals surface area contributed by atoms with Crippen molar-refractivity contribution >= 4 is 5.91 Å². The number of benzene rings is 2. The van der Waals surface area contributed by atoms with Gasteiger partial charge in [0.2, 0.25) is 0 Å². The van der Waals surface area contributed by atoms with E-state index in [0.717, 1.165) is 42.6 Å². The van der Waals surface area contributed by atoms with Gasteiger partial charge in [-0.2, -0.15) is 5.10 Å². The molecule has 0 fully saturated rings. The number of nitrogens with one attached hydrogen (secondary N) is 1. The zero-order valence-corrected chi connectivity index (χ0v) is 19.4. The molecule has 0 bridgehead atoms. The number of H-pyrrole nitrogens is 1. The molecule has 2 aromatic carbocycles. The van der Waals surface area contributed by atoms with E-state index in [1.165, 1.54) is 12.1 Å². The van der Waals surface area contributed by atoms with Crippen molar-refractivity contribution in [1.82, 2.24) is 15.1 Å². The van der Waals surface area contributed by atoms with Gasteiger partial charge in [-0.25, -0.2) is 4.39 Å². The highest BCUT2D eigenvalue weighted by molar-refractivity contribution is 5.96. The van der Waals surface area contributed by atoms with Crippen molar-refractivity contribution in [2.24, 2.45) is 0 Å². The largest absolute Gasteiger partial charge is 0.490 e. The number of nitrogens with zero attached hydrogens (tertiary/aromatic N) is 2. The summed E-state index contributed by atoms with van der Waals surface area (Å²) in [5.41, 5.74) is 3.10. The number of hydrogen-bond acceptors (Lipinski definition) is 4. The van der Waals surface area contributed by atoms with Gasteiger partial charge in [0.05, 0.1) is 17.9 Å². The predicted octanol–water partition coefficient (Wildman–Crippen LogP) is 5.12. The molecular formula is C26H32FN3O3. The molecule has 0 radical (unpaired) electrons. The summed E-state index contributed by atoms with van der Waals surface area (Å²) < 4.78 is 24.4. The molecule has 1 N–H and O–H groups in total. The first-order valence-corrected chi connectivity index (χ1v) is 11.4. The molecule has 0 spiro atoms. The number of carbonyl (C=O) groups is 1. The summed E-state index contributed by atoms with van der Waals surface area (Å²) in [5.74, 6) is 0.271. The van der Waals surface area contributed by atoms with E-state index in [9.17, 15) is 9.18 Å². The Morgan fingerprint density at radius 3 is 2.73 bits per heavy atom. The van der Waals surface area contributed by atoms with E-state index in [2.05, 4.69) is 10.2 Å². The molecule has 0 aliphatic heterocycles. The molecule has 0 atom stereocenters. The molecule has 3 aromatic rings. The average Bonchev–Trinajstić information content (AvgIpc) is 3.30. The summed E-state index contributed by atoms with van der Waals surface area (Å²) >= 11 is 0. The second kappa shape index (κ2) is 12.7. The first-order chi connectivity index (χ1) is 16.1. The van der Waals surface area contributed by atoms with Gasteiger partial charge in [-0.1, -0.05) is 30.7 Å². The van der Waals surface area contributed by atoms with E-state index < -0.39 is 0 Å². The summed E-state index contributed by atoms with van der Waals surface area (Å²) in [7, 11) is 1.82. The van der Waals surface area contributed by atoms with Crippen LogP contribution in [-0.4, -0.2) is 54.4 Å². The van der Waals surface area contributed by atoms with Crippen LogP contribution < -0.4 is 4.74 Å². The van der Waals surface area contributed by atoms with Crippen molar-refractivity contribution in [2.75, 3.05) is 33.4 Å². The molecular weight excluding hydrogens is 421 g/mol. The summed E-state index contributed by atoms with van der Waals surface area (Å²) in [6, 6.07) is 15.7. The molecule has 33 heavy (non-hydrogen) atoms. The number of ether oxygens (including phenoxy) is 2. The smallest absolute Gasteiger partial charge is 0.257 e. The number of amides is 1. The van der Waals surface area contributed by atoms with Crippen LogP contribution in [0.15, 0.2) is 54.6 Å². The lowest BCUT2D eigenvalue weighted by Crippen LogP contribution is -2.28. The molecule has 1 aromatic heterocycles. The van der Waals surface area contributed by atoms with Gasteiger partial charge in [0.25, 0.3) is 5.91 Å². The van der Waals surface area contributed by atoms with E-state index in [-0.39, 0.29) is 11.7 Å². The van der Waals surface area contributed by atoms with Crippen molar-refractivity contribution in [1.29, 1.82) is 0 Å². The number of rotatable bonds is 13. The number of aromatic nitrogens is 2. The summed E-state index contributed by atoms with van der Waals surface area (Å²) in [5, 5.41) is 7.32. The van der Waals surface area contributed by atoms with Crippen LogP contribution in [0.4, 0.5) is 4.39 Å². The molecule has 0 saturated heterocycles. The van der Waals surface area contributed by atoms with E-state index in [1.54, 1.807) is 17.0 Å². The lowest BCUT2D eigenvalue weighted by atomic mass is 10.1. The summed E-state index contributed by atoms with van der Waals surface area (Å²) in [6.45, 7) is 4.15. The number of unbranched alkanes of at least 4 members (excludes halogenated alkanes) is 2. The van der Waals surface area contributed by atoms with Crippen molar-refractivity contribution in [3.63, 3.8) is 0 Å². The maximum Gasteiger partial charge on any atom is 0.257 e. The van der Waals surface area contributed by atoms with Gasteiger partial charge < -0.3 is 14.4 Å². The summed E-state index contributed by atoms with van der Waals surface area (Å²) in [6.07, 6.45) is 3.72. The zero-order chi connectivity index (χ0) is 23.5. The van der Waals surface area contributed by atoms with Crippen LogP contribution >= 0.6 is 0 Å². The lowest BCUT2D eigenvalue weighted by Gasteiger charge is -2.19. The predicted molar refractivity (Wildman–Crippen MR) is 127 cm³/mol. The second-order valence-corrected chi connectivity index (χ2v) is 7.87. The molecule has 1 amide bonds. The fourth-order valence-electron chi connectivity index (χ4n) is 3.56. The highest BCUT2D eigenvalue weighted by Crippen LogP contribution is 2.21. The Balaban J connectivity index is 1.41. The molecule has 0 unspecified atom stereocenters. The Labute approximate surface area is 194 Å². The van der Waals surface area contributed by atoms with E-state index >= 15 is 0 Å². The number of hydrogen-bond donors (Lipinski definition) is 1. The maximum absolute atomic E-state index is 13.4. The van der Waals surface area contributed by atoms with Gasteiger partial charge in [0, 0.05) is 31.5 Å². The highest BCUT2D eigenvalue weighted by atomic mass is 19.1. The van der Waals surface area contributed by atoms with Gasteiger partial charge in [0.1, 0.15) is 18.2 Å². The SMILES string of the molecule is CCOCCOc1ccccc1C(=O)N(C)CCCCCc1cc(-c2cccc(F)c2)n[nH]1. The normalized spacial score (nSPS) is 10.9. The number of aromatic amines is 1. The first kappa shape index (κ1) is 24.5. The third kappa shape index (κ3) is 7.43. The Morgan fingerprint density at radius 2 is 1.91 bits per heavy atom. The standard InChI is InChI=1S/C26H32FN3O3/c1-3-32-16-17-33-25-14-7-6-13-23(25)26(31)30(2)15-8-4-5-12-22-19-24(29-28-22)20-10-9-11-21(27)18-20/h6-7,9-11,13-14,18-19H,3-5,8,12,15-17H2,1-2H3,(H,28,29). The monoisotopic (exact) mass is 453 g/mol. The number of aryl methyl sites for hydroxylation is 1. The van der Waals surface area contributed by atoms with Crippen molar-refractivity contribution in [3.05, 3.63) is 71.7 Å². The minimum Gasteiger partial charge on any atom is -0.490 e. The Hall–Kier alpha value is -3.19. The van der Waals surface area contributed by atoms with Gasteiger partial charge in [-0.05, 0) is 56.5 Å². The Morgan fingerprint density at radius 1 is 1.06 bits per heavy atom. The fourth-order valence-corrected chi connectivity index (χ4v) is 3.56. The molecule has 3 rings (SSSR count). The van der Waals surface area contributed by atoms with Crippen LogP contribution in [0.25, 0.3) is 11.3 Å². The van der Waals surface area contributed by atoms with Crippen LogP contribution in [0, 0.1) is 5.82 Å². The molecule has 0 aliphatic rings. The van der Waals surface area contributed by atoms with Crippen molar-refractivity contribution in [3.8, 4) is 17.0 Å². The summed E-state index contributed by atoms with van der Waals surface area (Å²) in [4.78, 5) is 14.6. The highest BCUT2D eigenvalue weighted by Gasteiger charge is 2.16. The molecule has 0 saturated carbocycles. The zero-order valence-electron chi connectivity index (χ0n) is 19.4. The van der Waals surface area contributed by atoms with Gasteiger partial charge >= 0.3 is 0 Å². The van der Waals surface area contributed by atoms with Crippen LogP contribution in [0.5, 0.6) is 5.75 Å². The van der Waals surface area contributed by atoms with Gasteiger partial charge in [-0.15, -0.1) is 0 Å². The lowest BCUT2D eigenvalue weighted by molar-refractivity contribution is 0.0781. The van der Waals surface area contributed by atoms with Gasteiger partial charge in [0.15, 0.2) is 0 Å². The minimum atomic E-state index is -0.268. The topological polar surface area (TPSA) is 67.5 Å². The Bertz CT molecular complexity index is 1020. The molecule has 6 nitrogen and oxygen atoms in total.